The number of hydrogen-bond acceptors (Lipinski definition) is 5. The Bertz CT molecular complexity index is 397. The highest BCUT2D eigenvalue weighted by Gasteiger charge is 2.10. The molecule has 0 aliphatic heterocycles. The topological polar surface area (TPSA) is 66.2 Å². The van der Waals surface area contributed by atoms with Crippen molar-refractivity contribution in [3.8, 4) is 0 Å². The molecule has 1 aromatic heterocycles. The Labute approximate surface area is 121 Å². The van der Waals surface area contributed by atoms with E-state index in [2.05, 4.69) is 47.9 Å². The molecule has 0 aromatic carbocycles. The molecule has 0 saturated heterocycles. The second-order valence-electron chi connectivity index (χ2n) is 5.89. The molecule has 1 rings (SSSR count). The molecule has 0 aliphatic rings. The zero-order chi connectivity index (χ0) is 15.0. The molecule has 0 aliphatic carbocycles. The van der Waals surface area contributed by atoms with Gasteiger partial charge in [0.1, 0.15) is 0 Å². The van der Waals surface area contributed by atoms with Gasteiger partial charge in [0.2, 0.25) is 0 Å². The van der Waals surface area contributed by atoms with Crippen molar-refractivity contribution in [2.45, 2.75) is 39.4 Å². The van der Waals surface area contributed by atoms with E-state index in [1.807, 2.05) is 17.0 Å². The third-order valence-corrected chi connectivity index (χ3v) is 2.83. The van der Waals surface area contributed by atoms with E-state index >= 15 is 0 Å². The lowest BCUT2D eigenvalue weighted by Crippen LogP contribution is -2.35. The summed E-state index contributed by atoms with van der Waals surface area (Å²) in [7, 11) is 0. The van der Waals surface area contributed by atoms with Crippen LogP contribution in [-0.4, -0.2) is 56.8 Å². The van der Waals surface area contributed by atoms with Crippen molar-refractivity contribution in [2.24, 2.45) is 0 Å². The van der Waals surface area contributed by atoms with Crippen molar-refractivity contribution in [1.82, 2.24) is 25.2 Å². The van der Waals surface area contributed by atoms with E-state index in [1.54, 1.807) is 0 Å². The van der Waals surface area contributed by atoms with Crippen molar-refractivity contribution < 1.29 is 5.11 Å². The van der Waals surface area contributed by atoms with Gasteiger partial charge in [-0.3, -0.25) is 9.58 Å². The fraction of sp³-hybridized carbons (Fsp3) is 0.714. The second-order valence-corrected chi connectivity index (χ2v) is 5.89. The highest BCUT2D eigenvalue weighted by Crippen LogP contribution is 2.01. The van der Waals surface area contributed by atoms with Crippen LogP contribution in [0.5, 0.6) is 0 Å². The van der Waals surface area contributed by atoms with Gasteiger partial charge in [0, 0.05) is 37.9 Å². The Morgan fingerprint density at radius 1 is 1.45 bits per heavy atom. The van der Waals surface area contributed by atoms with Gasteiger partial charge in [-0.1, -0.05) is 11.3 Å². The molecule has 114 valence electrons. The molecule has 6 nitrogen and oxygen atoms in total. The van der Waals surface area contributed by atoms with Crippen molar-refractivity contribution in [3.63, 3.8) is 0 Å². The Morgan fingerprint density at radius 3 is 2.80 bits per heavy atom. The molecule has 2 N–H and O–H groups in total. The van der Waals surface area contributed by atoms with Gasteiger partial charge in [0.15, 0.2) is 0 Å². The van der Waals surface area contributed by atoms with Crippen molar-refractivity contribution in [1.29, 1.82) is 0 Å². The van der Waals surface area contributed by atoms with Crippen LogP contribution in [0.4, 0.5) is 0 Å². The summed E-state index contributed by atoms with van der Waals surface area (Å²) in [5.74, 6) is 0. The van der Waals surface area contributed by atoms with Crippen LogP contribution >= 0.6 is 0 Å². The minimum Gasteiger partial charge on any atom is -0.395 e. The predicted molar refractivity (Wildman–Crippen MR) is 80.3 cm³/mol. The first-order valence-corrected chi connectivity index (χ1v) is 7.03. The van der Waals surface area contributed by atoms with E-state index in [0.29, 0.717) is 6.54 Å². The quantitative estimate of drug-likeness (QED) is 0.651. The minimum absolute atomic E-state index is 0.0751. The Kier molecular flexibility index (Phi) is 6.84. The lowest BCUT2D eigenvalue weighted by atomic mass is 10.1. The third kappa shape index (κ3) is 6.79. The van der Waals surface area contributed by atoms with Gasteiger partial charge in [0.05, 0.1) is 18.8 Å². The molecule has 0 unspecified atom stereocenters. The zero-order valence-electron chi connectivity index (χ0n) is 12.8. The summed E-state index contributed by atoms with van der Waals surface area (Å²) in [5.41, 5.74) is 1.02. The third-order valence-electron chi connectivity index (χ3n) is 2.83. The minimum atomic E-state index is 0.0751. The first kappa shape index (κ1) is 16.8. The standard InChI is InChI=1S/C14H27N5O/c1-5-6-18(9-10-20)7-8-19-12-13(16-17-19)11-15-14(2,3)4/h5,12,15,20H,1,6-11H2,2-4H3. The maximum atomic E-state index is 8.99. The fourth-order valence-corrected chi connectivity index (χ4v) is 1.75. The van der Waals surface area contributed by atoms with Gasteiger partial charge in [-0.2, -0.15) is 0 Å². The molecule has 0 fully saturated rings. The average Bonchev–Trinajstić information content (AvgIpc) is 2.81. The molecule has 20 heavy (non-hydrogen) atoms. The van der Waals surface area contributed by atoms with E-state index in [1.165, 1.54) is 0 Å². The zero-order valence-corrected chi connectivity index (χ0v) is 12.8. The van der Waals surface area contributed by atoms with Gasteiger partial charge >= 0.3 is 0 Å². The van der Waals surface area contributed by atoms with Gasteiger partial charge in [-0.15, -0.1) is 11.7 Å². The second kappa shape index (κ2) is 8.14. The van der Waals surface area contributed by atoms with Crippen LogP contribution in [0, 0.1) is 0 Å². The van der Waals surface area contributed by atoms with E-state index in [-0.39, 0.29) is 12.1 Å². The summed E-state index contributed by atoms with van der Waals surface area (Å²) < 4.78 is 1.84. The van der Waals surface area contributed by atoms with Crippen molar-refractivity contribution in [3.05, 3.63) is 24.5 Å². The maximum Gasteiger partial charge on any atom is 0.0965 e. The molecule has 0 amide bonds. The van der Waals surface area contributed by atoms with Crippen LogP contribution in [0.1, 0.15) is 26.5 Å². The Hall–Kier alpha value is -1.24. The first-order chi connectivity index (χ1) is 9.44. The van der Waals surface area contributed by atoms with Crippen LogP contribution in [0.15, 0.2) is 18.9 Å². The number of hydrogen-bond donors (Lipinski definition) is 2. The number of rotatable bonds is 9. The highest BCUT2D eigenvalue weighted by molar-refractivity contribution is 4.93. The average molecular weight is 281 g/mol. The molecule has 1 heterocycles. The molecular formula is C14H27N5O. The molecule has 0 bridgehead atoms. The molecule has 0 atom stereocenters. The number of aliphatic hydroxyl groups is 1. The largest absolute Gasteiger partial charge is 0.395 e. The first-order valence-electron chi connectivity index (χ1n) is 7.03. The lowest BCUT2D eigenvalue weighted by Gasteiger charge is -2.19. The van der Waals surface area contributed by atoms with Crippen molar-refractivity contribution in [2.75, 3.05) is 26.2 Å². The SMILES string of the molecule is C=CCN(CCO)CCn1cc(CNC(C)(C)C)nn1. The highest BCUT2D eigenvalue weighted by atomic mass is 16.3. The van der Waals surface area contributed by atoms with Crippen LogP contribution in [0.2, 0.25) is 0 Å². The molecule has 0 radical (unpaired) electrons. The van der Waals surface area contributed by atoms with E-state index in [9.17, 15) is 0 Å². The molecule has 0 saturated carbocycles. The Balaban J connectivity index is 2.41. The number of aliphatic hydroxyl groups excluding tert-OH is 1. The van der Waals surface area contributed by atoms with Crippen LogP contribution < -0.4 is 5.32 Å². The predicted octanol–water partition coefficient (Wildman–Crippen LogP) is 0.646. The van der Waals surface area contributed by atoms with E-state index in [0.717, 1.165) is 31.9 Å². The normalized spacial score (nSPS) is 12.1. The molecule has 6 heteroatoms. The van der Waals surface area contributed by atoms with Gasteiger partial charge in [0.25, 0.3) is 0 Å². The number of nitrogens with one attached hydrogen (secondary N) is 1. The summed E-state index contributed by atoms with van der Waals surface area (Å²) >= 11 is 0. The van der Waals surface area contributed by atoms with Crippen LogP contribution in [-0.2, 0) is 13.1 Å². The van der Waals surface area contributed by atoms with Gasteiger partial charge in [-0.25, -0.2) is 0 Å². The molecule has 1 aromatic rings. The number of nitrogens with zero attached hydrogens (tertiary/aromatic N) is 4. The lowest BCUT2D eigenvalue weighted by molar-refractivity contribution is 0.202. The number of aromatic nitrogens is 3. The van der Waals surface area contributed by atoms with E-state index < -0.39 is 0 Å². The van der Waals surface area contributed by atoms with Gasteiger partial charge in [-0.05, 0) is 20.8 Å². The monoisotopic (exact) mass is 281 g/mol. The van der Waals surface area contributed by atoms with Gasteiger partial charge < -0.3 is 10.4 Å². The maximum absolute atomic E-state index is 8.99. The molecule has 0 spiro atoms. The van der Waals surface area contributed by atoms with Crippen molar-refractivity contribution >= 4 is 0 Å². The summed E-state index contributed by atoms with van der Waals surface area (Å²) in [6.07, 6.45) is 3.81. The van der Waals surface area contributed by atoms with Crippen LogP contribution in [0.25, 0.3) is 0 Å². The summed E-state index contributed by atoms with van der Waals surface area (Å²) in [6, 6.07) is 0. The Morgan fingerprint density at radius 2 is 2.20 bits per heavy atom. The summed E-state index contributed by atoms with van der Waals surface area (Å²) in [5, 5.41) is 20.6. The van der Waals surface area contributed by atoms with Crippen LogP contribution in [0.3, 0.4) is 0 Å². The van der Waals surface area contributed by atoms with E-state index in [4.69, 9.17) is 5.11 Å². The summed E-state index contributed by atoms with van der Waals surface area (Å²) in [4.78, 5) is 2.13. The molecular weight excluding hydrogens is 254 g/mol. The summed E-state index contributed by atoms with van der Waals surface area (Å²) in [6.45, 7) is 14.0. The fourth-order valence-electron chi connectivity index (χ4n) is 1.75. The smallest absolute Gasteiger partial charge is 0.0965 e.